The van der Waals surface area contributed by atoms with Gasteiger partial charge in [-0.1, -0.05) is 18.2 Å². The molecule has 0 saturated heterocycles. The summed E-state index contributed by atoms with van der Waals surface area (Å²) in [7, 11) is -3.06. The third-order valence-electron chi connectivity index (χ3n) is 1.37. The van der Waals surface area contributed by atoms with Crippen molar-refractivity contribution < 1.29 is 12.9 Å². The fraction of sp³-hybridized carbons (Fsp3) is 0.143. The van der Waals surface area contributed by atoms with Gasteiger partial charge < -0.3 is 0 Å². The molecule has 1 aromatic rings. The molecule has 0 unspecified atom stereocenters. The SMILES string of the molecule is CN(F)S(=O)(=O)c1ccccc1. The molecule has 0 bridgehead atoms. The van der Waals surface area contributed by atoms with Crippen molar-refractivity contribution in [3.05, 3.63) is 30.3 Å². The van der Waals surface area contributed by atoms with E-state index >= 15 is 0 Å². The van der Waals surface area contributed by atoms with Crippen LogP contribution in [0, 0.1) is 0 Å². The van der Waals surface area contributed by atoms with Gasteiger partial charge in [0.2, 0.25) is 0 Å². The first-order valence-electron chi connectivity index (χ1n) is 3.25. The van der Waals surface area contributed by atoms with E-state index in [-0.39, 0.29) is 9.42 Å². The second-order valence-corrected chi connectivity index (χ2v) is 4.13. The first kappa shape index (κ1) is 9.15. The Morgan fingerprint density at radius 1 is 1.25 bits per heavy atom. The monoisotopic (exact) mass is 189 g/mol. The van der Waals surface area contributed by atoms with Crippen LogP contribution in [0.15, 0.2) is 35.2 Å². The number of rotatable bonds is 2. The van der Waals surface area contributed by atoms with Crippen molar-refractivity contribution in [2.45, 2.75) is 4.90 Å². The van der Waals surface area contributed by atoms with Crippen molar-refractivity contribution in [3.63, 3.8) is 0 Å². The predicted octanol–water partition coefficient (Wildman–Crippen LogP) is 1.19. The minimum absolute atomic E-state index is 0.0463. The maximum atomic E-state index is 12.4. The highest BCUT2D eigenvalue weighted by molar-refractivity contribution is 7.89. The van der Waals surface area contributed by atoms with Gasteiger partial charge in [-0.25, -0.2) is 8.42 Å². The predicted molar refractivity (Wildman–Crippen MR) is 42.5 cm³/mol. The Balaban J connectivity index is 3.17. The van der Waals surface area contributed by atoms with E-state index in [1.54, 1.807) is 6.07 Å². The number of halogens is 1. The number of sulfonamides is 1. The quantitative estimate of drug-likeness (QED) is 0.655. The smallest absolute Gasteiger partial charge is 0.205 e. The van der Waals surface area contributed by atoms with E-state index < -0.39 is 10.0 Å². The van der Waals surface area contributed by atoms with Crippen LogP contribution in [0.2, 0.25) is 0 Å². The fourth-order valence-corrected chi connectivity index (χ4v) is 1.53. The molecule has 0 radical (unpaired) electrons. The fourth-order valence-electron chi connectivity index (χ4n) is 0.738. The zero-order valence-corrected chi connectivity index (χ0v) is 7.25. The second-order valence-electron chi connectivity index (χ2n) is 2.21. The Labute approximate surface area is 70.4 Å². The van der Waals surface area contributed by atoms with Crippen molar-refractivity contribution in [2.24, 2.45) is 0 Å². The summed E-state index contributed by atoms with van der Waals surface area (Å²) < 4.78 is 34.3. The van der Waals surface area contributed by atoms with E-state index in [2.05, 4.69) is 0 Å². The van der Waals surface area contributed by atoms with Crippen LogP contribution in [-0.2, 0) is 10.0 Å². The molecule has 0 aliphatic carbocycles. The first-order valence-corrected chi connectivity index (χ1v) is 4.69. The minimum atomic E-state index is -3.91. The van der Waals surface area contributed by atoms with E-state index in [4.69, 9.17) is 0 Å². The van der Waals surface area contributed by atoms with Crippen LogP contribution in [0.4, 0.5) is 4.48 Å². The normalized spacial score (nSPS) is 11.9. The van der Waals surface area contributed by atoms with Gasteiger partial charge in [-0.15, -0.1) is 4.48 Å². The van der Waals surface area contributed by atoms with Crippen molar-refractivity contribution in [1.29, 1.82) is 0 Å². The molecule has 0 saturated carbocycles. The van der Waals surface area contributed by atoms with E-state index in [9.17, 15) is 12.9 Å². The van der Waals surface area contributed by atoms with Gasteiger partial charge in [0.05, 0.1) is 4.90 Å². The van der Waals surface area contributed by atoms with Crippen LogP contribution < -0.4 is 0 Å². The van der Waals surface area contributed by atoms with Gasteiger partial charge in [-0.2, -0.15) is 0 Å². The third kappa shape index (κ3) is 1.62. The number of benzene rings is 1. The molecule has 1 aromatic carbocycles. The number of nitrogens with zero attached hydrogens (tertiary/aromatic N) is 1. The van der Waals surface area contributed by atoms with Gasteiger partial charge in [0.25, 0.3) is 10.0 Å². The number of hydrogen-bond donors (Lipinski definition) is 0. The molecule has 0 aliphatic heterocycles. The molecule has 5 heteroatoms. The molecule has 0 atom stereocenters. The molecule has 0 amide bonds. The maximum Gasteiger partial charge on any atom is 0.268 e. The van der Waals surface area contributed by atoms with Crippen molar-refractivity contribution in [2.75, 3.05) is 7.05 Å². The second kappa shape index (κ2) is 3.20. The maximum absolute atomic E-state index is 12.4. The summed E-state index contributed by atoms with van der Waals surface area (Å²) in [5, 5.41) is 0. The molecule has 12 heavy (non-hydrogen) atoms. The summed E-state index contributed by atoms with van der Waals surface area (Å²) in [5.41, 5.74) is 0. The van der Waals surface area contributed by atoms with Gasteiger partial charge in [-0.05, 0) is 16.7 Å². The molecule has 0 aliphatic rings. The van der Waals surface area contributed by atoms with Crippen LogP contribution >= 0.6 is 0 Å². The topological polar surface area (TPSA) is 37.4 Å². The molecular weight excluding hydrogens is 181 g/mol. The summed E-state index contributed by atoms with van der Waals surface area (Å²) in [6.45, 7) is 0. The summed E-state index contributed by atoms with van der Waals surface area (Å²) in [6, 6.07) is 7.42. The zero-order valence-electron chi connectivity index (χ0n) is 6.44. The van der Waals surface area contributed by atoms with E-state index in [0.717, 1.165) is 7.05 Å². The Hall–Kier alpha value is -0.940. The lowest BCUT2D eigenvalue weighted by atomic mass is 10.4. The first-order chi connectivity index (χ1) is 5.55. The van der Waals surface area contributed by atoms with E-state index in [0.29, 0.717) is 0 Å². The largest absolute Gasteiger partial charge is 0.268 e. The summed E-state index contributed by atoms with van der Waals surface area (Å²) in [5.74, 6) is 0. The van der Waals surface area contributed by atoms with Gasteiger partial charge in [0.15, 0.2) is 0 Å². The Kier molecular flexibility index (Phi) is 2.44. The third-order valence-corrected chi connectivity index (χ3v) is 2.90. The van der Waals surface area contributed by atoms with Gasteiger partial charge >= 0.3 is 0 Å². The van der Waals surface area contributed by atoms with Crippen LogP contribution in [-0.4, -0.2) is 20.0 Å². The van der Waals surface area contributed by atoms with Crippen LogP contribution in [0.5, 0.6) is 0 Å². The van der Waals surface area contributed by atoms with Crippen molar-refractivity contribution in [3.8, 4) is 0 Å². The lowest BCUT2D eigenvalue weighted by Crippen LogP contribution is -2.17. The van der Waals surface area contributed by atoms with Crippen LogP contribution in [0.25, 0.3) is 0 Å². The highest BCUT2D eigenvalue weighted by atomic mass is 32.2. The van der Waals surface area contributed by atoms with Gasteiger partial charge in [-0.3, -0.25) is 0 Å². The molecule has 0 fully saturated rings. The van der Waals surface area contributed by atoms with Gasteiger partial charge in [0, 0.05) is 7.05 Å². The van der Waals surface area contributed by atoms with E-state index in [1.165, 1.54) is 24.3 Å². The standard InChI is InChI=1S/C7H8FNO2S/c1-9(8)12(10,11)7-5-3-2-4-6-7/h2-6H,1H3. The van der Waals surface area contributed by atoms with Gasteiger partial charge in [0.1, 0.15) is 0 Å². The average Bonchev–Trinajstić information content (AvgIpc) is 2.06. The van der Waals surface area contributed by atoms with E-state index in [1.807, 2.05) is 0 Å². The molecule has 1 rings (SSSR count). The summed E-state index contributed by atoms with van der Waals surface area (Å²) >= 11 is 0. The highest BCUT2D eigenvalue weighted by Crippen LogP contribution is 2.12. The number of hydrogen-bond acceptors (Lipinski definition) is 2. The highest BCUT2D eigenvalue weighted by Gasteiger charge is 2.19. The van der Waals surface area contributed by atoms with Crippen molar-refractivity contribution in [1.82, 2.24) is 4.53 Å². The van der Waals surface area contributed by atoms with Crippen LogP contribution in [0.1, 0.15) is 0 Å². The Morgan fingerprint density at radius 3 is 2.17 bits per heavy atom. The molecule has 0 N–H and O–H groups in total. The molecule has 0 heterocycles. The summed E-state index contributed by atoms with van der Waals surface area (Å²) in [6.07, 6.45) is 0. The minimum Gasteiger partial charge on any atom is -0.205 e. The summed E-state index contributed by atoms with van der Waals surface area (Å²) in [4.78, 5) is -0.0463. The lowest BCUT2D eigenvalue weighted by Gasteiger charge is -2.05. The lowest BCUT2D eigenvalue weighted by molar-refractivity contribution is 0.178. The Bertz CT molecular complexity index is 347. The van der Waals surface area contributed by atoms with Crippen molar-refractivity contribution >= 4 is 10.0 Å². The average molecular weight is 189 g/mol. The molecule has 3 nitrogen and oxygen atoms in total. The zero-order chi connectivity index (χ0) is 9.19. The van der Waals surface area contributed by atoms with Crippen LogP contribution in [0.3, 0.4) is 0 Å². The molecule has 0 aromatic heterocycles. The molecule has 0 spiro atoms. The molecule has 66 valence electrons. The Morgan fingerprint density at radius 2 is 1.75 bits per heavy atom. The molecular formula is C7H8FNO2S.